The molecule has 0 amide bonds. The van der Waals surface area contributed by atoms with Gasteiger partial charge in [-0.1, -0.05) is 78.9 Å². The molecule has 1 rings (SSSR count). The molecule has 0 heterocycles. The molecule has 0 aliphatic heterocycles. The lowest BCUT2D eigenvalue weighted by molar-refractivity contribution is -0.137. The maximum atomic E-state index is 12.4. The van der Waals surface area contributed by atoms with Crippen LogP contribution in [0.25, 0.3) is 0 Å². The Morgan fingerprint density at radius 1 is 0.800 bits per heavy atom. The van der Waals surface area contributed by atoms with Gasteiger partial charge in [-0.2, -0.15) is 0 Å². The van der Waals surface area contributed by atoms with E-state index in [1.54, 1.807) is 6.07 Å². The molecule has 0 bridgehead atoms. The Balaban J connectivity index is 2.75. The van der Waals surface area contributed by atoms with Crippen molar-refractivity contribution in [2.45, 2.75) is 105 Å². The topological polar surface area (TPSA) is 52.6 Å². The van der Waals surface area contributed by atoms with Crippen LogP contribution in [0.2, 0.25) is 0 Å². The van der Waals surface area contributed by atoms with Crippen LogP contribution in [0.4, 0.5) is 0 Å². The van der Waals surface area contributed by atoms with Crippen molar-refractivity contribution in [2.75, 3.05) is 0 Å². The first-order chi connectivity index (χ1) is 14.3. The van der Waals surface area contributed by atoms with Gasteiger partial charge >= 0.3 is 11.9 Å². The molecule has 0 aromatic heterocycles. The van der Waals surface area contributed by atoms with E-state index in [9.17, 15) is 9.59 Å². The van der Waals surface area contributed by atoms with Gasteiger partial charge in [-0.15, -0.1) is 0 Å². The zero-order valence-corrected chi connectivity index (χ0v) is 19.8. The van der Waals surface area contributed by atoms with Crippen LogP contribution in [0.3, 0.4) is 0 Å². The van der Waals surface area contributed by atoms with Gasteiger partial charge in [-0.3, -0.25) is 9.59 Å². The first-order valence-corrected chi connectivity index (χ1v) is 11.9. The van der Waals surface area contributed by atoms with Gasteiger partial charge in [0, 0.05) is 12.8 Å². The molecule has 0 atom stereocenters. The van der Waals surface area contributed by atoms with Crippen LogP contribution < -0.4 is 9.47 Å². The zero-order chi connectivity index (χ0) is 22.4. The van der Waals surface area contributed by atoms with Gasteiger partial charge in [-0.05, 0) is 49.1 Å². The SMILES string of the molecule is CCCCc1cccc(OC(=O)CCCCC(C)C)c1OC(=O)CCCCC(C)C. The number of aryl methyl sites for hydroxylation is 1. The number of unbranched alkanes of at least 4 members (excludes halogenated alkanes) is 3. The molecule has 170 valence electrons. The second kappa shape index (κ2) is 15.0. The van der Waals surface area contributed by atoms with Crippen LogP contribution in [0.15, 0.2) is 18.2 Å². The highest BCUT2D eigenvalue weighted by Gasteiger charge is 2.17. The highest BCUT2D eigenvalue weighted by molar-refractivity contribution is 5.76. The third-order valence-corrected chi connectivity index (χ3v) is 5.12. The molecule has 0 radical (unpaired) electrons. The molecule has 1 aromatic carbocycles. The van der Waals surface area contributed by atoms with E-state index >= 15 is 0 Å². The molecule has 0 fully saturated rings. The summed E-state index contributed by atoms with van der Waals surface area (Å²) in [4.78, 5) is 24.8. The number of carbonyl (C=O) groups excluding carboxylic acids is 2. The Labute approximate surface area is 183 Å². The Bertz CT molecular complexity index is 634. The quantitative estimate of drug-likeness (QED) is 0.171. The van der Waals surface area contributed by atoms with Gasteiger partial charge in [0.05, 0.1) is 0 Å². The largest absolute Gasteiger partial charge is 0.423 e. The average molecular weight is 419 g/mol. The highest BCUT2D eigenvalue weighted by Crippen LogP contribution is 2.33. The lowest BCUT2D eigenvalue weighted by Gasteiger charge is -2.15. The first-order valence-electron chi connectivity index (χ1n) is 11.9. The molecule has 1 aromatic rings. The van der Waals surface area contributed by atoms with Crippen molar-refractivity contribution in [2.24, 2.45) is 11.8 Å². The van der Waals surface area contributed by atoms with E-state index < -0.39 is 0 Å². The molecule has 0 aliphatic carbocycles. The highest BCUT2D eigenvalue weighted by atomic mass is 16.6. The summed E-state index contributed by atoms with van der Waals surface area (Å²) in [5.41, 5.74) is 0.928. The first kappa shape index (κ1) is 26.2. The van der Waals surface area contributed by atoms with Gasteiger partial charge in [0.15, 0.2) is 11.5 Å². The monoisotopic (exact) mass is 418 g/mol. The molecule has 0 aliphatic rings. The average Bonchev–Trinajstić information content (AvgIpc) is 2.68. The smallest absolute Gasteiger partial charge is 0.311 e. The summed E-state index contributed by atoms with van der Waals surface area (Å²) in [6, 6.07) is 5.55. The summed E-state index contributed by atoms with van der Waals surface area (Å²) in [5.74, 6) is 1.56. The van der Waals surface area contributed by atoms with E-state index in [1.807, 2.05) is 12.1 Å². The molecule has 0 N–H and O–H groups in total. The fourth-order valence-electron chi connectivity index (χ4n) is 3.30. The number of ether oxygens (including phenoxy) is 2. The van der Waals surface area contributed by atoms with E-state index in [2.05, 4.69) is 34.6 Å². The van der Waals surface area contributed by atoms with Crippen LogP contribution in [0.1, 0.15) is 104 Å². The molecule has 0 unspecified atom stereocenters. The third kappa shape index (κ3) is 11.4. The van der Waals surface area contributed by atoms with Crippen LogP contribution in [0.5, 0.6) is 11.5 Å². The Morgan fingerprint density at radius 3 is 1.90 bits per heavy atom. The number of rotatable bonds is 15. The van der Waals surface area contributed by atoms with E-state index in [1.165, 1.54) is 0 Å². The number of para-hydroxylation sites is 1. The predicted molar refractivity (Wildman–Crippen MR) is 123 cm³/mol. The minimum atomic E-state index is -0.263. The second-order valence-corrected chi connectivity index (χ2v) is 9.08. The number of carbonyl (C=O) groups is 2. The van der Waals surface area contributed by atoms with Crippen molar-refractivity contribution < 1.29 is 19.1 Å². The summed E-state index contributed by atoms with van der Waals surface area (Å²) in [5, 5.41) is 0. The van der Waals surface area contributed by atoms with E-state index in [-0.39, 0.29) is 11.9 Å². The number of esters is 2. The van der Waals surface area contributed by atoms with Crippen LogP contribution in [-0.4, -0.2) is 11.9 Å². The molecular weight excluding hydrogens is 376 g/mol. The summed E-state index contributed by atoms with van der Waals surface area (Å²) in [7, 11) is 0. The molecule has 4 nitrogen and oxygen atoms in total. The summed E-state index contributed by atoms with van der Waals surface area (Å²) >= 11 is 0. The second-order valence-electron chi connectivity index (χ2n) is 9.08. The van der Waals surface area contributed by atoms with Crippen molar-refractivity contribution in [3.05, 3.63) is 23.8 Å². The summed E-state index contributed by atoms with van der Waals surface area (Å²) in [6.45, 7) is 10.9. The lowest BCUT2D eigenvalue weighted by Crippen LogP contribution is -2.13. The van der Waals surface area contributed by atoms with Crippen LogP contribution >= 0.6 is 0 Å². The number of hydrogen-bond acceptors (Lipinski definition) is 4. The van der Waals surface area contributed by atoms with Crippen molar-refractivity contribution in [3.63, 3.8) is 0 Å². The fourth-order valence-corrected chi connectivity index (χ4v) is 3.30. The molecular formula is C26H42O4. The predicted octanol–water partition coefficient (Wildman–Crippen LogP) is 7.27. The van der Waals surface area contributed by atoms with Gasteiger partial charge in [-0.25, -0.2) is 0 Å². The molecule has 0 saturated carbocycles. The van der Waals surface area contributed by atoms with Crippen molar-refractivity contribution in [3.8, 4) is 11.5 Å². The van der Waals surface area contributed by atoms with Gasteiger partial charge < -0.3 is 9.47 Å². The van der Waals surface area contributed by atoms with Crippen molar-refractivity contribution >= 4 is 11.9 Å². The normalized spacial score (nSPS) is 11.2. The molecule has 30 heavy (non-hydrogen) atoms. The minimum absolute atomic E-state index is 0.253. The van der Waals surface area contributed by atoms with E-state index in [0.717, 1.165) is 63.4 Å². The molecule has 0 spiro atoms. The van der Waals surface area contributed by atoms with Gasteiger partial charge in [0.1, 0.15) is 0 Å². The van der Waals surface area contributed by atoms with Crippen LogP contribution in [0, 0.1) is 11.8 Å². The zero-order valence-electron chi connectivity index (χ0n) is 19.8. The summed E-state index contributed by atoms with van der Waals surface area (Å²) in [6.07, 6.45) is 9.49. The molecule has 4 heteroatoms. The maximum Gasteiger partial charge on any atom is 0.311 e. The van der Waals surface area contributed by atoms with Gasteiger partial charge in [0.25, 0.3) is 0 Å². The Kier molecular flexibility index (Phi) is 13.1. The maximum absolute atomic E-state index is 12.4. The standard InChI is InChI=1S/C26H42O4/c1-6-7-15-22-16-12-17-23(29-24(27)18-10-8-13-20(2)3)26(22)30-25(28)19-11-9-14-21(4)5/h12,16-17,20-21H,6-11,13-15,18-19H2,1-5H3. The number of hydrogen-bond donors (Lipinski definition) is 0. The van der Waals surface area contributed by atoms with E-state index in [0.29, 0.717) is 36.2 Å². The van der Waals surface area contributed by atoms with Crippen molar-refractivity contribution in [1.82, 2.24) is 0 Å². The Morgan fingerprint density at radius 2 is 1.37 bits per heavy atom. The van der Waals surface area contributed by atoms with Crippen LogP contribution in [-0.2, 0) is 16.0 Å². The fraction of sp³-hybridized carbons (Fsp3) is 0.692. The molecule has 0 saturated heterocycles. The summed E-state index contributed by atoms with van der Waals surface area (Å²) < 4.78 is 11.3. The van der Waals surface area contributed by atoms with E-state index in [4.69, 9.17) is 9.47 Å². The lowest BCUT2D eigenvalue weighted by atomic mass is 10.1. The van der Waals surface area contributed by atoms with Crippen molar-refractivity contribution in [1.29, 1.82) is 0 Å². The van der Waals surface area contributed by atoms with Gasteiger partial charge in [0.2, 0.25) is 0 Å². The third-order valence-electron chi connectivity index (χ3n) is 5.12. The number of benzene rings is 1. The minimum Gasteiger partial charge on any atom is -0.423 e. The Hall–Kier alpha value is -1.84.